The number of hydrogen-bond donors (Lipinski definition) is 2. The minimum absolute atomic E-state index is 0.0279. The van der Waals surface area contributed by atoms with Crippen molar-refractivity contribution in [2.45, 2.75) is 23.3 Å². The van der Waals surface area contributed by atoms with E-state index in [1.807, 2.05) is 18.2 Å². The summed E-state index contributed by atoms with van der Waals surface area (Å²) in [6, 6.07) is 13.8. The van der Waals surface area contributed by atoms with Crippen LogP contribution in [0.1, 0.15) is 18.4 Å². The van der Waals surface area contributed by atoms with Gasteiger partial charge >= 0.3 is 0 Å². The highest BCUT2D eigenvalue weighted by Crippen LogP contribution is 2.45. The van der Waals surface area contributed by atoms with Crippen molar-refractivity contribution in [1.29, 1.82) is 0 Å². The topological polar surface area (TPSA) is 66.4 Å². The quantitative estimate of drug-likeness (QED) is 0.852. The van der Waals surface area contributed by atoms with E-state index in [1.54, 1.807) is 12.1 Å². The summed E-state index contributed by atoms with van der Waals surface area (Å²) in [5, 5.41) is 11.0. The molecule has 0 aromatic heterocycles. The van der Waals surface area contributed by atoms with Crippen LogP contribution in [0.25, 0.3) is 0 Å². The van der Waals surface area contributed by atoms with Crippen molar-refractivity contribution in [2.24, 2.45) is 5.92 Å². The molecule has 0 amide bonds. The molecule has 23 heavy (non-hydrogen) atoms. The summed E-state index contributed by atoms with van der Waals surface area (Å²) in [6.07, 6.45) is 1.71. The molecule has 0 heterocycles. The van der Waals surface area contributed by atoms with Gasteiger partial charge in [0.25, 0.3) is 0 Å². The van der Waals surface area contributed by atoms with Gasteiger partial charge in [0, 0.05) is 6.54 Å². The maximum atomic E-state index is 13.2. The van der Waals surface area contributed by atoms with Gasteiger partial charge in [0.05, 0.1) is 4.90 Å². The first kappa shape index (κ1) is 16.1. The predicted octanol–water partition coefficient (Wildman–Crippen LogP) is 2.40. The van der Waals surface area contributed by atoms with Gasteiger partial charge in [-0.05, 0) is 42.5 Å². The Morgan fingerprint density at radius 1 is 1.13 bits per heavy atom. The first-order valence-corrected chi connectivity index (χ1v) is 8.93. The minimum Gasteiger partial charge on any atom is -0.383 e. The molecule has 3 rings (SSSR count). The summed E-state index contributed by atoms with van der Waals surface area (Å²) >= 11 is 0. The second-order valence-electron chi connectivity index (χ2n) is 5.85. The molecule has 0 spiro atoms. The molecular formula is C17H18FNO3S. The fourth-order valence-electron chi connectivity index (χ4n) is 2.69. The van der Waals surface area contributed by atoms with Crippen molar-refractivity contribution < 1.29 is 17.9 Å². The highest BCUT2D eigenvalue weighted by atomic mass is 32.2. The molecule has 2 aromatic rings. The third kappa shape index (κ3) is 3.44. The molecule has 6 heteroatoms. The standard InChI is InChI=1S/C17H18FNO3S/c18-15-7-4-8-16(11-15)23(21,22)19-12-17(20,14-9-10-14)13-5-2-1-3-6-13/h1-8,11,14,19-20H,9-10,12H2. The van der Waals surface area contributed by atoms with E-state index in [4.69, 9.17) is 0 Å². The second kappa shape index (κ2) is 6.03. The zero-order valence-electron chi connectivity index (χ0n) is 12.4. The number of nitrogens with one attached hydrogen (secondary N) is 1. The van der Waals surface area contributed by atoms with E-state index in [0.29, 0.717) is 5.56 Å². The molecule has 0 radical (unpaired) electrons. The van der Waals surface area contributed by atoms with Gasteiger partial charge in [-0.2, -0.15) is 0 Å². The Balaban J connectivity index is 1.82. The van der Waals surface area contributed by atoms with Crippen molar-refractivity contribution >= 4 is 10.0 Å². The van der Waals surface area contributed by atoms with Crippen LogP contribution in [0, 0.1) is 11.7 Å². The first-order chi connectivity index (χ1) is 10.9. The lowest BCUT2D eigenvalue weighted by atomic mass is 9.89. The van der Waals surface area contributed by atoms with Gasteiger partial charge in [-0.15, -0.1) is 0 Å². The highest BCUT2D eigenvalue weighted by molar-refractivity contribution is 7.89. The van der Waals surface area contributed by atoms with Crippen LogP contribution in [0.5, 0.6) is 0 Å². The molecule has 122 valence electrons. The van der Waals surface area contributed by atoms with E-state index in [2.05, 4.69) is 4.72 Å². The predicted molar refractivity (Wildman–Crippen MR) is 84.7 cm³/mol. The fourth-order valence-corrected chi connectivity index (χ4v) is 3.79. The van der Waals surface area contributed by atoms with Gasteiger partial charge in [-0.1, -0.05) is 36.4 Å². The molecule has 1 saturated carbocycles. The maximum absolute atomic E-state index is 13.2. The number of halogens is 1. The fraction of sp³-hybridized carbons (Fsp3) is 0.294. The third-order valence-corrected chi connectivity index (χ3v) is 5.56. The van der Waals surface area contributed by atoms with E-state index in [9.17, 15) is 17.9 Å². The Hall–Kier alpha value is -1.76. The molecule has 4 nitrogen and oxygen atoms in total. The van der Waals surface area contributed by atoms with E-state index in [1.165, 1.54) is 18.2 Å². The van der Waals surface area contributed by atoms with E-state index >= 15 is 0 Å². The summed E-state index contributed by atoms with van der Waals surface area (Å²) in [4.78, 5) is -0.149. The highest BCUT2D eigenvalue weighted by Gasteiger charge is 2.45. The van der Waals surface area contributed by atoms with Crippen molar-refractivity contribution in [3.8, 4) is 0 Å². The lowest BCUT2D eigenvalue weighted by molar-refractivity contribution is 0.0185. The number of sulfonamides is 1. The molecule has 0 bridgehead atoms. The van der Waals surface area contributed by atoms with Gasteiger partial charge in [0.2, 0.25) is 10.0 Å². The average molecular weight is 335 g/mol. The van der Waals surface area contributed by atoms with Crippen LogP contribution >= 0.6 is 0 Å². The Morgan fingerprint density at radius 3 is 2.43 bits per heavy atom. The molecule has 0 saturated heterocycles. The van der Waals surface area contributed by atoms with Gasteiger partial charge in [0.1, 0.15) is 11.4 Å². The maximum Gasteiger partial charge on any atom is 0.240 e. The van der Waals surface area contributed by atoms with E-state index in [-0.39, 0.29) is 17.4 Å². The largest absolute Gasteiger partial charge is 0.383 e. The lowest BCUT2D eigenvalue weighted by Gasteiger charge is -2.29. The summed E-state index contributed by atoms with van der Waals surface area (Å²) in [6.45, 7) is -0.138. The number of rotatable bonds is 6. The molecule has 1 atom stereocenters. The Kier molecular flexibility index (Phi) is 4.23. The number of hydrogen-bond acceptors (Lipinski definition) is 3. The monoisotopic (exact) mass is 335 g/mol. The molecule has 1 aliphatic rings. The number of benzene rings is 2. The van der Waals surface area contributed by atoms with Crippen LogP contribution in [0.4, 0.5) is 4.39 Å². The van der Waals surface area contributed by atoms with Crippen LogP contribution in [-0.4, -0.2) is 20.1 Å². The van der Waals surface area contributed by atoms with Crippen molar-refractivity contribution in [3.05, 3.63) is 66.0 Å². The van der Waals surface area contributed by atoms with Crippen molar-refractivity contribution in [1.82, 2.24) is 4.72 Å². The van der Waals surface area contributed by atoms with Crippen LogP contribution in [0.3, 0.4) is 0 Å². The van der Waals surface area contributed by atoms with Crippen LogP contribution in [0.2, 0.25) is 0 Å². The molecule has 1 aliphatic carbocycles. The van der Waals surface area contributed by atoms with Gasteiger partial charge in [-0.3, -0.25) is 0 Å². The SMILES string of the molecule is O=S(=O)(NCC(O)(c1ccccc1)C1CC1)c1cccc(F)c1. The molecular weight excluding hydrogens is 317 g/mol. The van der Waals surface area contributed by atoms with E-state index < -0.39 is 21.4 Å². The molecule has 1 fully saturated rings. The zero-order valence-corrected chi connectivity index (χ0v) is 13.3. The average Bonchev–Trinajstić information content (AvgIpc) is 3.39. The first-order valence-electron chi connectivity index (χ1n) is 7.45. The third-order valence-electron chi connectivity index (χ3n) is 4.16. The number of aliphatic hydroxyl groups is 1. The molecule has 2 aromatic carbocycles. The smallest absolute Gasteiger partial charge is 0.240 e. The van der Waals surface area contributed by atoms with Gasteiger partial charge < -0.3 is 5.11 Å². The minimum atomic E-state index is -3.88. The van der Waals surface area contributed by atoms with E-state index in [0.717, 1.165) is 18.9 Å². The van der Waals surface area contributed by atoms with Gasteiger partial charge in [-0.25, -0.2) is 17.5 Å². The van der Waals surface area contributed by atoms with Crippen molar-refractivity contribution in [2.75, 3.05) is 6.54 Å². The molecule has 0 aliphatic heterocycles. The summed E-state index contributed by atoms with van der Waals surface area (Å²) < 4.78 is 40.3. The van der Waals surface area contributed by atoms with Crippen LogP contribution < -0.4 is 4.72 Å². The Labute approximate surface area is 135 Å². The Bertz CT molecular complexity index is 790. The summed E-state index contributed by atoms with van der Waals surface area (Å²) in [5.74, 6) is -0.589. The van der Waals surface area contributed by atoms with Gasteiger partial charge in [0.15, 0.2) is 0 Å². The lowest BCUT2D eigenvalue weighted by Crippen LogP contribution is -2.42. The molecule has 1 unspecified atom stereocenters. The van der Waals surface area contributed by atoms with Crippen LogP contribution in [-0.2, 0) is 15.6 Å². The van der Waals surface area contributed by atoms with Crippen molar-refractivity contribution in [3.63, 3.8) is 0 Å². The summed E-state index contributed by atoms with van der Waals surface area (Å²) in [5.41, 5.74) is -0.564. The summed E-state index contributed by atoms with van der Waals surface area (Å²) in [7, 11) is -3.88. The zero-order chi connectivity index (χ0) is 16.5. The van der Waals surface area contributed by atoms with Crippen LogP contribution in [0.15, 0.2) is 59.5 Å². The molecule has 2 N–H and O–H groups in total. The normalized spacial score (nSPS) is 17.7. The Morgan fingerprint density at radius 2 is 1.83 bits per heavy atom. The second-order valence-corrected chi connectivity index (χ2v) is 7.61.